The van der Waals surface area contributed by atoms with E-state index in [1.807, 2.05) is 0 Å². The molecule has 0 saturated carbocycles. The van der Waals surface area contributed by atoms with Crippen molar-refractivity contribution in [3.63, 3.8) is 0 Å². The van der Waals surface area contributed by atoms with E-state index in [1.165, 1.54) is 199 Å². The Morgan fingerprint density at radius 2 is 0.476 bits per heavy atom. The lowest BCUT2D eigenvalue weighted by molar-refractivity contribution is -0.167. The first-order chi connectivity index (χ1) is 40.5. The van der Waals surface area contributed by atoms with Crippen molar-refractivity contribution in [2.75, 3.05) is 13.2 Å². The fourth-order valence-corrected chi connectivity index (χ4v) is 10.1. The monoisotopic (exact) mass is 1140 g/mol. The molecule has 6 heteroatoms. The molecule has 0 aliphatic rings. The molecular formula is C76H132O6. The zero-order valence-corrected chi connectivity index (χ0v) is 54.2. The van der Waals surface area contributed by atoms with Gasteiger partial charge in [0.05, 0.1) is 0 Å². The predicted molar refractivity (Wildman–Crippen MR) is 357 cm³/mol. The van der Waals surface area contributed by atoms with Crippen LogP contribution in [0.15, 0.2) is 97.2 Å². The second-order valence-electron chi connectivity index (χ2n) is 23.4. The van der Waals surface area contributed by atoms with Gasteiger partial charge in [0.1, 0.15) is 13.2 Å². The molecule has 0 bridgehead atoms. The largest absolute Gasteiger partial charge is 0.462 e. The van der Waals surface area contributed by atoms with E-state index >= 15 is 0 Å². The van der Waals surface area contributed by atoms with Gasteiger partial charge >= 0.3 is 17.9 Å². The number of ether oxygens (including phenoxy) is 3. The van der Waals surface area contributed by atoms with Crippen LogP contribution >= 0.6 is 0 Å². The zero-order valence-electron chi connectivity index (χ0n) is 54.2. The highest BCUT2D eigenvalue weighted by atomic mass is 16.6. The summed E-state index contributed by atoms with van der Waals surface area (Å²) in [7, 11) is 0. The lowest BCUT2D eigenvalue weighted by atomic mass is 10.0. The number of allylic oxidation sites excluding steroid dienone is 16. The van der Waals surface area contributed by atoms with Crippen molar-refractivity contribution < 1.29 is 28.6 Å². The summed E-state index contributed by atoms with van der Waals surface area (Å²) in [6, 6.07) is 0. The van der Waals surface area contributed by atoms with Gasteiger partial charge in [-0.1, -0.05) is 323 Å². The zero-order chi connectivity index (χ0) is 59.2. The van der Waals surface area contributed by atoms with Crippen LogP contribution in [0, 0.1) is 0 Å². The van der Waals surface area contributed by atoms with Crippen LogP contribution in [0.3, 0.4) is 0 Å². The molecule has 0 aliphatic carbocycles. The molecule has 0 heterocycles. The summed E-state index contributed by atoms with van der Waals surface area (Å²) in [6.07, 6.45) is 94.2. The number of unbranched alkanes of at least 4 members (excludes halogenated alkanes) is 37. The van der Waals surface area contributed by atoms with Crippen LogP contribution in [0.2, 0.25) is 0 Å². The van der Waals surface area contributed by atoms with E-state index in [9.17, 15) is 14.4 Å². The average Bonchev–Trinajstić information content (AvgIpc) is 3.48. The minimum Gasteiger partial charge on any atom is -0.462 e. The number of carbonyl (C=O) groups excluding carboxylic acids is 3. The second kappa shape index (κ2) is 69.8. The van der Waals surface area contributed by atoms with Crippen molar-refractivity contribution in [2.45, 2.75) is 354 Å². The van der Waals surface area contributed by atoms with E-state index in [2.05, 4.69) is 118 Å². The topological polar surface area (TPSA) is 78.9 Å². The molecule has 0 radical (unpaired) electrons. The van der Waals surface area contributed by atoms with Crippen molar-refractivity contribution in [1.82, 2.24) is 0 Å². The summed E-state index contributed by atoms with van der Waals surface area (Å²) >= 11 is 0. The summed E-state index contributed by atoms with van der Waals surface area (Å²) in [5, 5.41) is 0. The van der Waals surface area contributed by atoms with Crippen LogP contribution < -0.4 is 0 Å². The van der Waals surface area contributed by atoms with Gasteiger partial charge in [0, 0.05) is 19.3 Å². The molecule has 0 fully saturated rings. The summed E-state index contributed by atoms with van der Waals surface area (Å²) < 4.78 is 17.0. The Balaban J connectivity index is 4.33. The molecule has 0 saturated heterocycles. The highest BCUT2D eigenvalue weighted by Crippen LogP contribution is 2.17. The fourth-order valence-electron chi connectivity index (χ4n) is 10.1. The molecule has 1 atom stereocenters. The minimum absolute atomic E-state index is 0.0773. The molecule has 0 amide bonds. The van der Waals surface area contributed by atoms with Gasteiger partial charge in [0.25, 0.3) is 0 Å². The Bertz CT molecular complexity index is 1590. The van der Waals surface area contributed by atoms with Gasteiger partial charge in [-0.25, -0.2) is 0 Å². The number of rotatable bonds is 64. The van der Waals surface area contributed by atoms with Crippen molar-refractivity contribution >= 4 is 17.9 Å². The number of carbonyl (C=O) groups is 3. The van der Waals surface area contributed by atoms with Gasteiger partial charge in [-0.15, -0.1) is 0 Å². The van der Waals surface area contributed by atoms with Crippen molar-refractivity contribution in [2.24, 2.45) is 0 Å². The highest BCUT2D eigenvalue weighted by Gasteiger charge is 2.19. The molecule has 6 nitrogen and oxygen atoms in total. The van der Waals surface area contributed by atoms with Crippen LogP contribution in [0.25, 0.3) is 0 Å². The SMILES string of the molecule is CC/C=C\C/C=C\C/C=C\C/C=C\C/C=C\C/C=C\CCCCCCCCCCC(=O)OCC(COC(=O)CCCCCCCCCCCCCCCC)OC(=O)CCCCCCCCCCCCC/C=C\C/C=C\CCCCCCC. The van der Waals surface area contributed by atoms with E-state index in [4.69, 9.17) is 14.2 Å². The summed E-state index contributed by atoms with van der Waals surface area (Å²) in [5.41, 5.74) is 0. The molecule has 0 aromatic rings. The van der Waals surface area contributed by atoms with Gasteiger partial charge in [0.15, 0.2) is 6.10 Å². The van der Waals surface area contributed by atoms with Crippen LogP contribution in [-0.2, 0) is 28.6 Å². The highest BCUT2D eigenvalue weighted by molar-refractivity contribution is 5.71. The third-order valence-corrected chi connectivity index (χ3v) is 15.3. The summed E-state index contributed by atoms with van der Waals surface area (Å²) in [6.45, 7) is 6.55. The Kier molecular flexibility index (Phi) is 66.7. The molecule has 1 unspecified atom stereocenters. The molecule has 472 valence electrons. The van der Waals surface area contributed by atoms with Gasteiger partial charge < -0.3 is 14.2 Å². The quantitative estimate of drug-likeness (QED) is 0.0261. The Morgan fingerprint density at radius 1 is 0.256 bits per heavy atom. The second-order valence-corrected chi connectivity index (χ2v) is 23.4. The Labute approximate surface area is 508 Å². The molecule has 0 aromatic heterocycles. The molecule has 0 aromatic carbocycles. The van der Waals surface area contributed by atoms with E-state index in [0.29, 0.717) is 19.3 Å². The first-order valence-electron chi connectivity index (χ1n) is 35.2. The minimum atomic E-state index is -0.783. The van der Waals surface area contributed by atoms with Gasteiger partial charge in [0.2, 0.25) is 0 Å². The predicted octanol–water partition coefficient (Wildman–Crippen LogP) is 24.4. The number of hydrogen-bond acceptors (Lipinski definition) is 6. The summed E-state index contributed by atoms with van der Waals surface area (Å²) in [5.74, 6) is -0.871. The molecule has 82 heavy (non-hydrogen) atoms. The van der Waals surface area contributed by atoms with Crippen LogP contribution in [0.5, 0.6) is 0 Å². The molecular weight excluding hydrogens is 1010 g/mol. The van der Waals surface area contributed by atoms with Gasteiger partial charge in [-0.3, -0.25) is 14.4 Å². The normalized spacial score (nSPS) is 12.7. The maximum absolute atomic E-state index is 13.0. The molecule has 0 N–H and O–H groups in total. The first kappa shape index (κ1) is 78.3. The van der Waals surface area contributed by atoms with Gasteiger partial charge in [-0.05, 0) is 103 Å². The average molecular weight is 1140 g/mol. The van der Waals surface area contributed by atoms with Crippen LogP contribution in [-0.4, -0.2) is 37.2 Å². The fraction of sp³-hybridized carbons (Fsp3) is 0.750. The maximum Gasteiger partial charge on any atom is 0.306 e. The molecule has 0 rings (SSSR count). The summed E-state index contributed by atoms with van der Waals surface area (Å²) in [4.78, 5) is 38.5. The van der Waals surface area contributed by atoms with Crippen molar-refractivity contribution in [3.05, 3.63) is 97.2 Å². The van der Waals surface area contributed by atoms with Crippen LogP contribution in [0.4, 0.5) is 0 Å². The number of hydrogen-bond donors (Lipinski definition) is 0. The van der Waals surface area contributed by atoms with E-state index in [1.54, 1.807) is 0 Å². The van der Waals surface area contributed by atoms with E-state index in [-0.39, 0.29) is 31.1 Å². The smallest absolute Gasteiger partial charge is 0.306 e. The van der Waals surface area contributed by atoms with Crippen molar-refractivity contribution in [3.8, 4) is 0 Å². The standard InChI is InChI=1S/C76H132O6/c1-4-7-10-13-16-19-22-25-28-30-32-34-36-37-38-39-41-42-44-46-48-51-54-57-60-63-66-69-75(78)81-72-73(71-80-74(77)68-65-62-59-56-53-50-27-24-21-18-15-12-9-6-3)82-76(79)70-67-64-61-58-55-52-49-47-45-43-40-35-33-31-29-26-23-20-17-14-11-8-5-2/h7,10,16,19,23,25-26,28,31-34,37-38,41-42,73H,4-6,8-9,11-15,17-18,20-22,24,27,29-30,35-36,39-40,43-72H2,1-3H3/b10-7-,19-16-,26-23-,28-25-,33-31-,34-32-,38-37-,42-41-. The first-order valence-corrected chi connectivity index (χ1v) is 35.2. The molecule has 0 spiro atoms. The number of esters is 3. The van der Waals surface area contributed by atoms with Crippen LogP contribution in [0.1, 0.15) is 348 Å². The van der Waals surface area contributed by atoms with Crippen molar-refractivity contribution in [1.29, 1.82) is 0 Å². The lowest BCUT2D eigenvalue weighted by Gasteiger charge is -2.18. The lowest BCUT2D eigenvalue weighted by Crippen LogP contribution is -2.30. The van der Waals surface area contributed by atoms with E-state index in [0.717, 1.165) is 109 Å². The van der Waals surface area contributed by atoms with Gasteiger partial charge in [-0.2, -0.15) is 0 Å². The molecule has 0 aliphatic heterocycles. The Hall–Kier alpha value is -3.67. The Morgan fingerprint density at radius 3 is 0.744 bits per heavy atom. The maximum atomic E-state index is 13.0. The van der Waals surface area contributed by atoms with E-state index < -0.39 is 6.10 Å². The third kappa shape index (κ3) is 67.1. The third-order valence-electron chi connectivity index (χ3n) is 15.3.